The van der Waals surface area contributed by atoms with Gasteiger partial charge in [-0.2, -0.15) is 0 Å². The van der Waals surface area contributed by atoms with Gasteiger partial charge in [-0.1, -0.05) is 12.1 Å². The summed E-state index contributed by atoms with van der Waals surface area (Å²) in [5.74, 6) is 1.65. The molecule has 1 N–H and O–H groups in total. The molecular weight excluding hydrogens is 344 g/mol. The summed E-state index contributed by atoms with van der Waals surface area (Å²) in [6, 6.07) is 10.8. The van der Waals surface area contributed by atoms with Gasteiger partial charge in [-0.05, 0) is 46.8 Å². The topological polar surface area (TPSA) is 65.0 Å². The summed E-state index contributed by atoms with van der Waals surface area (Å²) in [6.07, 6.45) is 0. The molecule has 144 valence electrons. The molecule has 1 aliphatic rings. The third-order valence-electron chi connectivity index (χ3n) is 4.58. The van der Waals surface area contributed by atoms with Crippen LogP contribution >= 0.6 is 0 Å². The third-order valence-corrected chi connectivity index (χ3v) is 4.58. The Morgan fingerprint density at radius 3 is 1.96 bits per heavy atom. The van der Waals surface area contributed by atoms with E-state index in [9.17, 15) is 9.90 Å². The van der Waals surface area contributed by atoms with Gasteiger partial charge in [-0.3, -0.25) is 4.79 Å². The smallest absolute Gasteiger partial charge is 0.316 e. The number of carbonyl (C=O) groups is 1. The number of carbonyl (C=O) groups excluding carboxylic acids is 1. The van der Waals surface area contributed by atoms with E-state index >= 15 is 0 Å². The minimum absolute atomic E-state index is 0.283. The van der Waals surface area contributed by atoms with Gasteiger partial charge in [0.2, 0.25) is 0 Å². The fourth-order valence-electron chi connectivity index (χ4n) is 3.18. The van der Waals surface area contributed by atoms with Crippen molar-refractivity contribution in [3.05, 3.63) is 47.5 Å². The lowest BCUT2D eigenvalue weighted by atomic mass is 9.77. The number of hydrogen-bond acceptors (Lipinski definition) is 5. The molecule has 1 unspecified atom stereocenters. The monoisotopic (exact) mass is 370 g/mol. The SMILES string of the molecule is COc1ccc2c(c1)Oc1cc(OC(=O)C(C)(C)C)ccc1C2C(C)(C)O. The van der Waals surface area contributed by atoms with Crippen molar-refractivity contribution < 1.29 is 24.1 Å². The van der Waals surface area contributed by atoms with E-state index in [0.717, 1.165) is 11.1 Å². The Kier molecular flexibility index (Phi) is 4.68. The minimum Gasteiger partial charge on any atom is -0.497 e. The average molecular weight is 370 g/mol. The molecule has 3 rings (SSSR count). The minimum atomic E-state index is -1.01. The molecular formula is C22H26O5. The molecule has 0 fully saturated rings. The first-order valence-corrected chi connectivity index (χ1v) is 8.95. The fourth-order valence-corrected chi connectivity index (χ4v) is 3.18. The largest absolute Gasteiger partial charge is 0.497 e. The lowest BCUT2D eigenvalue weighted by Crippen LogP contribution is -2.32. The summed E-state index contributed by atoms with van der Waals surface area (Å²) in [4.78, 5) is 12.2. The third kappa shape index (κ3) is 3.78. The molecule has 0 amide bonds. The summed E-state index contributed by atoms with van der Waals surface area (Å²) in [5.41, 5.74) is 0.114. The zero-order valence-corrected chi connectivity index (χ0v) is 16.6. The first-order chi connectivity index (χ1) is 12.5. The van der Waals surface area contributed by atoms with Crippen LogP contribution in [0.1, 0.15) is 51.7 Å². The number of ether oxygens (including phenoxy) is 3. The summed E-state index contributed by atoms with van der Waals surface area (Å²) >= 11 is 0. The van der Waals surface area contributed by atoms with Gasteiger partial charge >= 0.3 is 5.97 Å². The van der Waals surface area contributed by atoms with Gasteiger partial charge in [0.05, 0.1) is 18.1 Å². The van der Waals surface area contributed by atoms with Crippen LogP contribution in [0.3, 0.4) is 0 Å². The molecule has 1 aliphatic heterocycles. The zero-order valence-electron chi connectivity index (χ0n) is 16.6. The van der Waals surface area contributed by atoms with E-state index in [-0.39, 0.29) is 11.9 Å². The van der Waals surface area contributed by atoms with Gasteiger partial charge < -0.3 is 19.3 Å². The maximum absolute atomic E-state index is 12.2. The van der Waals surface area contributed by atoms with E-state index in [4.69, 9.17) is 14.2 Å². The van der Waals surface area contributed by atoms with E-state index in [2.05, 4.69) is 0 Å². The molecule has 0 aliphatic carbocycles. The molecule has 0 aromatic heterocycles. The van der Waals surface area contributed by atoms with Crippen molar-refractivity contribution in [1.82, 2.24) is 0 Å². The van der Waals surface area contributed by atoms with Crippen LogP contribution in [0.2, 0.25) is 0 Å². The van der Waals surface area contributed by atoms with Crippen molar-refractivity contribution in [2.45, 2.75) is 46.1 Å². The highest BCUT2D eigenvalue weighted by molar-refractivity contribution is 5.78. The molecule has 2 aromatic rings. The van der Waals surface area contributed by atoms with Crippen LogP contribution in [0, 0.1) is 5.41 Å². The van der Waals surface area contributed by atoms with Crippen molar-refractivity contribution in [1.29, 1.82) is 0 Å². The second-order valence-corrected chi connectivity index (χ2v) is 8.43. The molecule has 0 spiro atoms. The first-order valence-electron chi connectivity index (χ1n) is 8.95. The average Bonchev–Trinajstić information content (AvgIpc) is 2.57. The summed E-state index contributed by atoms with van der Waals surface area (Å²) in [7, 11) is 1.59. The molecule has 5 heteroatoms. The Bertz CT molecular complexity index is 871. The molecule has 1 atom stereocenters. The standard InChI is InChI=1S/C22H26O5/c1-21(2,3)20(23)26-14-8-10-16-18(12-14)27-17-11-13(25-6)7-9-15(17)19(16)22(4,5)24/h7-12,19,24H,1-6H3. The Balaban J connectivity index is 2.05. The van der Waals surface area contributed by atoms with Gasteiger partial charge in [0.25, 0.3) is 0 Å². The van der Waals surface area contributed by atoms with Crippen molar-refractivity contribution in [2.24, 2.45) is 5.41 Å². The van der Waals surface area contributed by atoms with E-state index in [1.54, 1.807) is 59.9 Å². The predicted molar refractivity (Wildman–Crippen MR) is 103 cm³/mol. The van der Waals surface area contributed by atoms with Crippen LogP contribution in [0.4, 0.5) is 0 Å². The number of methoxy groups -OCH3 is 1. The van der Waals surface area contributed by atoms with Gasteiger partial charge in [-0.15, -0.1) is 0 Å². The highest BCUT2D eigenvalue weighted by Crippen LogP contribution is 2.50. The second kappa shape index (κ2) is 6.57. The highest BCUT2D eigenvalue weighted by atomic mass is 16.5. The second-order valence-electron chi connectivity index (χ2n) is 8.43. The van der Waals surface area contributed by atoms with Crippen molar-refractivity contribution in [2.75, 3.05) is 7.11 Å². The van der Waals surface area contributed by atoms with Gasteiger partial charge in [-0.25, -0.2) is 0 Å². The van der Waals surface area contributed by atoms with Crippen molar-refractivity contribution in [3.8, 4) is 23.0 Å². The molecule has 2 aromatic carbocycles. The molecule has 0 bridgehead atoms. The number of esters is 1. The van der Waals surface area contributed by atoms with Gasteiger partial charge in [0, 0.05) is 29.2 Å². The number of fused-ring (bicyclic) bond motifs is 2. The molecule has 1 heterocycles. The summed E-state index contributed by atoms with van der Waals surface area (Å²) < 4.78 is 16.9. The van der Waals surface area contributed by atoms with Gasteiger partial charge in [0.1, 0.15) is 23.0 Å². The molecule has 0 radical (unpaired) electrons. The lowest BCUT2D eigenvalue weighted by molar-refractivity contribution is -0.143. The maximum Gasteiger partial charge on any atom is 0.316 e. The Hall–Kier alpha value is -2.53. The summed E-state index contributed by atoms with van der Waals surface area (Å²) in [6.45, 7) is 8.95. The molecule has 0 saturated heterocycles. The van der Waals surface area contributed by atoms with E-state index < -0.39 is 11.0 Å². The van der Waals surface area contributed by atoms with Gasteiger partial charge in [0.15, 0.2) is 0 Å². The van der Waals surface area contributed by atoms with Crippen LogP contribution in [-0.2, 0) is 4.79 Å². The first kappa shape index (κ1) is 19.2. The maximum atomic E-state index is 12.2. The fraction of sp³-hybridized carbons (Fsp3) is 0.409. The van der Waals surface area contributed by atoms with E-state index in [0.29, 0.717) is 23.0 Å². The lowest BCUT2D eigenvalue weighted by Gasteiger charge is -2.36. The summed E-state index contributed by atoms with van der Waals surface area (Å²) in [5, 5.41) is 10.8. The van der Waals surface area contributed by atoms with Crippen molar-refractivity contribution >= 4 is 5.97 Å². The Morgan fingerprint density at radius 2 is 1.48 bits per heavy atom. The van der Waals surface area contributed by atoms with Crippen LogP contribution in [0.25, 0.3) is 0 Å². The zero-order chi connectivity index (χ0) is 20.0. The van der Waals surface area contributed by atoms with Crippen molar-refractivity contribution in [3.63, 3.8) is 0 Å². The van der Waals surface area contributed by atoms with Crippen LogP contribution in [0.5, 0.6) is 23.0 Å². The Labute approximate surface area is 159 Å². The number of hydrogen-bond donors (Lipinski definition) is 1. The van der Waals surface area contributed by atoms with Crippen LogP contribution in [-0.4, -0.2) is 23.8 Å². The molecule has 5 nitrogen and oxygen atoms in total. The van der Waals surface area contributed by atoms with Crippen LogP contribution in [0.15, 0.2) is 36.4 Å². The normalized spacial score (nSPS) is 16.0. The van der Waals surface area contributed by atoms with Crippen LogP contribution < -0.4 is 14.2 Å². The quantitative estimate of drug-likeness (QED) is 0.629. The number of benzene rings is 2. The number of aliphatic hydroxyl groups is 1. The predicted octanol–water partition coefficient (Wildman–Crippen LogP) is 4.66. The van der Waals surface area contributed by atoms with E-state index in [1.165, 1.54) is 0 Å². The van der Waals surface area contributed by atoms with E-state index in [1.807, 2.05) is 18.2 Å². The molecule has 0 saturated carbocycles. The highest BCUT2D eigenvalue weighted by Gasteiger charge is 2.38. The molecule has 27 heavy (non-hydrogen) atoms. The Morgan fingerprint density at radius 1 is 0.963 bits per heavy atom. The number of rotatable bonds is 3.